The van der Waals surface area contributed by atoms with Crippen molar-refractivity contribution >= 4 is 40.6 Å². The molecule has 1 saturated carbocycles. The topological polar surface area (TPSA) is 45.2 Å². The summed E-state index contributed by atoms with van der Waals surface area (Å²) in [5.41, 5.74) is 1.90. The average Bonchev–Trinajstić information content (AvgIpc) is 3.36. The molecule has 2 aromatic rings. The molecule has 1 fully saturated rings. The highest BCUT2D eigenvalue weighted by atomic mass is 35.5. The van der Waals surface area contributed by atoms with Gasteiger partial charge < -0.3 is 5.32 Å². The van der Waals surface area contributed by atoms with Crippen LogP contribution in [0.3, 0.4) is 0 Å². The zero-order valence-electron chi connectivity index (χ0n) is 19.9. The summed E-state index contributed by atoms with van der Waals surface area (Å²) in [6.07, 6.45) is -0.643. The summed E-state index contributed by atoms with van der Waals surface area (Å²) in [6, 6.07) is 5.86. The van der Waals surface area contributed by atoms with E-state index in [2.05, 4.69) is 22.1 Å². The SMILES string of the molecule is CCSc1ccc(CNC(=O)c2cc3c(s2)C(C(C)Cl)N(CC2CCC(C(F)(F)F)CC2)C3)nc1. The van der Waals surface area contributed by atoms with Gasteiger partial charge in [-0.3, -0.25) is 14.7 Å². The molecule has 1 aliphatic heterocycles. The number of pyridine rings is 1. The van der Waals surface area contributed by atoms with Gasteiger partial charge in [-0.15, -0.1) is 34.7 Å². The predicted molar refractivity (Wildman–Crippen MR) is 136 cm³/mol. The van der Waals surface area contributed by atoms with Gasteiger partial charge in [-0.25, -0.2) is 0 Å². The molecule has 35 heavy (non-hydrogen) atoms. The zero-order valence-corrected chi connectivity index (χ0v) is 22.3. The van der Waals surface area contributed by atoms with E-state index >= 15 is 0 Å². The monoisotopic (exact) mass is 545 g/mol. The van der Waals surface area contributed by atoms with Crippen molar-refractivity contribution in [3.05, 3.63) is 45.4 Å². The van der Waals surface area contributed by atoms with Gasteiger partial charge in [0.15, 0.2) is 0 Å². The Morgan fingerprint density at radius 3 is 2.66 bits per heavy atom. The number of alkyl halides is 4. The summed E-state index contributed by atoms with van der Waals surface area (Å²) in [5.74, 6) is -0.0560. The van der Waals surface area contributed by atoms with Crippen LogP contribution >= 0.6 is 34.7 Å². The average molecular weight is 546 g/mol. The number of fused-ring (bicyclic) bond motifs is 1. The number of hydrogen-bond acceptors (Lipinski definition) is 5. The number of aromatic nitrogens is 1. The maximum absolute atomic E-state index is 13.0. The molecule has 2 atom stereocenters. The van der Waals surface area contributed by atoms with Crippen LogP contribution in [0.5, 0.6) is 0 Å². The Hall–Kier alpha value is -1.29. The molecule has 0 radical (unpaired) electrons. The summed E-state index contributed by atoms with van der Waals surface area (Å²) in [6.45, 7) is 5.82. The van der Waals surface area contributed by atoms with Crippen LogP contribution in [-0.2, 0) is 13.1 Å². The number of thioether (sulfide) groups is 1. The number of nitrogens with zero attached hydrogens (tertiary/aromatic N) is 2. The minimum Gasteiger partial charge on any atom is -0.346 e. The van der Waals surface area contributed by atoms with Crippen LogP contribution in [0.4, 0.5) is 13.2 Å². The molecule has 2 aromatic heterocycles. The van der Waals surface area contributed by atoms with Gasteiger partial charge in [0.05, 0.1) is 34.5 Å². The fourth-order valence-corrected chi connectivity index (χ4v) is 7.43. The Balaban J connectivity index is 1.34. The first-order chi connectivity index (χ1) is 16.7. The van der Waals surface area contributed by atoms with Gasteiger partial charge in [-0.2, -0.15) is 13.2 Å². The molecule has 1 N–H and O–H groups in total. The molecule has 2 unspecified atom stereocenters. The van der Waals surface area contributed by atoms with Gasteiger partial charge in [0.25, 0.3) is 5.91 Å². The molecule has 192 valence electrons. The lowest BCUT2D eigenvalue weighted by molar-refractivity contribution is -0.184. The van der Waals surface area contributed by atoms with Crippen LogP contribution in [-0.4, -0.2) is 39.6 Å². The molecule has 0 saturated heterocycles. The molecule has 0 aromatic carbocycles. The second-order valence-electron chi connectivity index (χ2n) is 9.41. The maximum atomic E-state index is 13.0. The smallest absolute Gasteiger partial charge is 0.346 e. The zero-order chi connectivity index (χ0) is 25.2. The first kappa shape index (κ1) is 26.8. The van der Waals surface area contributed by atoms with Gasteiger partial charge in [-0.05, 0) is 68.0 Å². The molecule has 10 heteroatoms. The van der Waals surface area contributed by atoms with E-state index in [1.54, 1.807) is 11.8 Å². The van der Waals surface area contributed by atoms with Gasteiger partial charge in [0.2, 0.25) is 0 Å². The predicted octanol–water partition coefficient (Wildman–Crippen LogP) is 7.04. The lowest BCUT2D eigenvalue weighted by Crippen LogP contribution is -2.35. The molecular weight excluding hydrogens is 515 g/mol. The van der Waals surface area contributed by atoms with Crippen molar-refractivity contribution in [3.63, 3.8) is 0 Å². The van der Waals surface area contributed by atoms with Gasteiger partial charge in [0.1, 0.15) is 0 Å². The Labute approximate surface area is 218 Å². The quantitative estimate of drug-likeness (QED) is 0.285. The van der Waals surface area contributed by atoms with E-state index in [1.807, 2.05) is 31.3 Å². The van der Waals surface area contributed by atoms with Crippen molar-refractivity contribution < 1.29 is 18.0 Å². The number of amides is 1. The lowest BCUT2D eigenvalue weighted by Gasteiger charge is -2.35. The van der Waals surface area contributed by atoms with Crippen LogP contribution in [0, 0.1) is 11.8 Å². The first-order valence-electron chi connectivity index (χ1n) is 12.1. The number of hydrogen-bond donors (Lipinski definition) is 1. The van der Waals surface area contributed by atoms with E-state index in [4.69, 9.17) is 11.6 Å². The standard InChI is InChI=1S/C25H31ClF3N3OS2/c1-3-34-20-9-8-19(30-12-20)11-31-24(33)21-10-17-14-32(22(15(2)26)23(17)35-21)13-16-4-6-18(7-5-16)25(27,28)29/h8-10,12,15-16,18,22H,3-7,11,13-14H2,1-2H3,(H,31,33). The number of nitrogens with one attached hydrogen (secondary N) is 1. The van der Waals surface area contributed by atoms with E-state index in [-0.39, 0.29) is 36.1 Å². The molecule has 4 nitrogen and oxygen atoms in total. The summed E-state index contributed by atoms with van der Waals surface area (Å²) in [7, 11) is 0. The third-order valence-electron chi connectivity index (χ3n) is 6.88. The minimum atomic E-state index is -4.08. The largest absolute Gasteiger partial charge is 0.391 e. The van der Waals surface area contributed by atoms with Crippen LogP contribution in [0.15, 0.2) is 29.3 Å². The first-order valence-corrected chi connectivity index (χ1v) is 14.3. The molecular formula is C25H31ClF3N3OS2. The summed E-state index contributed by atoms with van der Waals surface area (Å²) in [5, 5.41) is 2.79. The number of halogens is 4. The fraction of sp³-hybridized carbons (Fsp3) is 0.600. The molecule has 4 rings (SSSR count). The Morgan fingerprint density at radius 1 is 1.31 bits per heavy atom. The Morgan fingerprint density at radius 2 is 2.06 bits per heavy atom. The third-order valence-corrected chi connectivity index (χ3v) is 9.23. The normalized spacial score (nSPS) is 23.8. The third kappa shape index (κ3) is 6.53. The number of rotatable bonds is 8. The number of thiophene rings is 1. The van der Waals surface area contributed by atoms with Crippen LogP contribution in [0.2, 0.25) is 0 Å². The summed E-state index contributed by atoms with van der Waals surface area (Å²) < 4.78 is 39.0. The number of carbonyl (C=O) groups is 1. The van der Waals surface area contributed by atoms with Crippen LogP contribution < -0.4 is 5.32 Å². The highest BCUT2D eigenvalue weighted by Gasteiger charge is 2.43. The second-order valence-corrected chi connectivity index (χ2v) is 12.5. The summed E-state index contributed by atoms with van der Waals surface area (Å²) in [4.78, 5) is 22.4. The number of carbonyl (C=O) groups excluding carboxylic acids is 1. The highest BCUT2D eigenvalue weighted by Crippen LogP contribution is 2.45. The van der Waals surface area contributed by atoms with Crippen molar-refractivity contribution in [2.75, 3.05) is 12.3 Å². The molecule has 0 bridgehead atoms. The molecule has 2 aliphatic rings. The maximum Gasteiger partial charge on any atom is 0.391 e. The van der Waals surface area contributed by atoms with Gasteiger partial charge in [0, 0.05) is 29.1 Å². The Kier molecular flexibility index (Phi) is 8.72. The van der Waals surface area contributed by atoms with Gasteiger partial charge in [-0.1, -0.05) is 6.92 Å². The highest BCUT2D eigenvalue weighted by molar-refractivity contribution is 7.99. The van der Waals surface area contributed by atoms with Crippen molar-refractivity contribution in [1.82, 2.24) is 15.2 Å². The molecule has 3 heterocycles. The van der Waals surface area contributed by atoms with Crippen LogP contribution in [0.25, 0.3) is 0 Å². The molecule has 1 aliphatic carbocycles. The van der Waals surface area contributed by atoms with E-state index in [0.29, 0.717) is 30.8 Å². The van der Waals surface area contributed by atoms with E-state index in [1.165, 1.54) is 11.3 Å². The second kappa shape index (κ2) is 11.4. The van der Waals surface area contributed by atoms with E-state index in [0.717, 1.165) is 33.3 Å². The van der Waals surface area contributed by atoms with E-state index < -0.39 is 12.1 Å². The van der Waals surface area contributed by atoms with Crippen molar-refractivity contribution in [2.24, 2.45) is 11.8 Å². The fourth-order valence-electron chi connectivity index (χ4n) is 5.12. The summed E-state index contributed by atoms with van der Waals surface area (Å²) >= 11 is 9.77. The Bertz CT molecular complexity index is 1000. The molecule has 0 spiro atoms. The van der Waals surface area contributed by atoms with Crippen molar-refractivity contribution in [3.8, 4) is 0 Å². The van der Waals surface area contributed by atoms with E-state index in [9.17, 15) is 18.0 Å². The lowest BCUT2D eigenvalue weighted by atomic mass is 9.81. The van der Waals surface area contributed by atoms with Crippen molar-refractivity contribution in [1.29, 1.82) is 0 Å². The van der Waals surface area contributed by atoms with Crippen molar-refractivity contribution in [2.45, 2.75) is 75.1 Å². The molecule has 1 amide bonds. The van der Waals surface area contributed by atoms with Crippen LogP contribution in [0.1, 0.15) is 71.4 Å². The minimum absolute atomic E-state index is 0.0242. The van der Waals surface area contributed by atoms with Gasteiger partial charge >= 0.3 is 6.18 Å².